The number of carbonyl (C=O) groups is 1. The monoisotopic (exact) mass is 186 g/mol. The van der Waals surface area contributed by atoms with Crippen LogP contribution in [0.2, 0.25) is 0 Å². The smallest absolute Gasteiger partial charge is 0.311 e. The van der Waals surface area contributed by atoms with Gasteiger partial charge in [0, 0.05) is 0 Å². The summed E-state index contributed by atoms with van der Waals surface area (Å²) in [5, 5.41) is 0. The zero-order chi connectivity index (χ0) is 10.5. The van der Waals surface area contributed by atoms with E-state index in [4.69, 9.17) is 4.74 Å². The molecular weight excluding hydrogens is 164 g/mol. The van der Waals surface area contributed by atoms with Crippen LogP contribution in [0.15, 0.2) is 0 Å². The quantitative estimate of drug-likeness (QED) is 0.617. The molecule has 0 saturated carbocycles. The van der Waals surface area contributed by atoms with Crippen molar-refractivity contribution in [2.75, 3.05) is 6.61 Å². The van der Waals surface area contributed by atoms with Crippen molar-refractivity contribution in [2.24, 2.45) is 11.3 Å². The fourth-order valence-corrected chi connectivity index (χ4v) is 1.58. The Morgan fingerprint density at radius 3 is 2.23 bits per heavy atom. The molecule has 0 fully saturated rings. The molecule has 0 aliphatic rings. The van der Waals surface area contributed by atoms with Crippen molar-refractivity contribution >= 4 is 5.97 Å². The molecule has 13 heavy (non-hydrogen) atoms. The van der Waals surface area contributed by atoms with Gasteiger partial charge < -0.3 is 4.74 Å². The molecule has 0 unspecified atom stereocenters. The third-order valence-electron chi connectivity index (χ3n) is 2.41. The SMILES string of the molecule is CCOC(=O)[C@](C)(CC)CC(C)C. The van der Waals surface area contributed by atoms with Gasteiger partial charge in [0.15, 0.2) is 0 Å². The van der Waals surface area contributed by atoms with Crippen LogP contribution in [0.5, 0.6) is 0 Å². The number of hydrogen-bond donors (Lipinski definition) is 0. The van der Waals surface area contributed by atoms with E-state index in [1.807, 2.05) is 20.8 Å². The van der Waals surface area contributed by atoms with E-state index in [1.165, 1.54) is 0 Å². The van der Waals surface area contributed by atoms with Gasteiger partial charge in [0.05, 0.1) is 12.0 Å². The molecule has 0 rings (SSSR count). The second-order valence-electron chi connectivity index (χ2n) is 4.23. The maximum Gasteiger partial charge on any atom is 0.311 e. The predicted octanol–water partition coefficient (Wildman–Crippen LogP) is 3.01. The third-order valence-corrected chi connectivity index (χ3v) is 2.41. The lowest BCUT2D eigenvalue weighted by Gasteiger charge is -2.27. The Kier molecular flexibility index (Phi) is 5.04. The Labute approximate surface area is 81.7 Å². The Morgan fingerprint density at radius 1 is 1.38 bits per heavy atom. The topological polar surface area (TPSA) is 26.3 Å². The van der Waals surface area contributed by atoms with Gasteiger partial charge >= 0.3 is 5.97 Å². The first kappa shape index (κ1) is 12.5. The first-order valence-electron chi connectivity index (χ1n) is 5.13. The van der Waals surface area contributed by atoms with E-state index >= 15 is 0 Å². The summed E-state index contributed by atoms with van der Waals surface area (Å²) in [7, 11) is 0. The molecule has 0 radical (unpaired) electrons. The molecule has 0 amide bonds. The molecule has 0 aliphatic heterocycles. The molecule has 78 valence electrons. The van der Waals surface area contributed by atoms with Gasteiger partial charge in [-0.15, -0.1) is 0 Å². The van der Waals surface area contributed by atoms with E-state index in [9.17, 15) is 4.79 Å². The van der Waals surface area contributed by atoms with Crippen molar-refractivity contribution in [1.29, 1.82) is 0 Å². The molecule has 2 heteroatoms. The van der Waals surface area contributed by atoms with Crippen LogP contribution in [0.1, 0.15) is 47.5 Å². The van der Waals surface area contributed by atoms with Crippen LogP contribution in [-0.4, -0.2) is 12.6 Å². The summed E-state index contributed by atoms with van der Waals surface area (Å²) in [6, 6.07) is 0. The van der Waals surface area contributed by atoms with Gasteiger partial charge in [-0.2, -0.15) is 0 Å². The highest BCUT2D eigenvalue weighted by Crippen LogP contribution is 2.31. The second kappa shape index (κ2) is 5.25. The summed E-state index contributed by atoms with van der Waals surface area (Å²) < 4.78 is 5.06. The Morgan fingerprint density at radius 2 is 1.92 bits per heavy atom. The minimum absolute atomic E-state index is 0.0498. The fourth-order valence-electron chi connectivity index (χ4n) is 1.58. The number of esters is 1. The normalized spacial score (nSPS) is 15.5. The van der Waals surface area contributed by atoms with Crippen molar-refractivity contribution < 1.29 is 9.53 Å². The summed E-state index contributed by atoms with van der Waals surface area (Å²) in [6.45, 7) is 10.6. The maximum atomic E-state index is 11.6. The van der Waals surface area contributed by atoms with Crippen molar-refractivity contribution in [2.45, 2.75) is 47.5 Å². The van der Waals surface area contributed by atoms with E-state index in [1.54, 1.807) is 0 Å². The van der Waals surface area contributed by atoms with E-state index < -0.39 is 0 Å². The summed E-state index contributed by atoms with van der Waals surface area (Å²) in [4.78, 5) is 11.6. The molecular formula is C11H22O2. The zero-order valence-electron chi connectivity index (χ0n) is 9.52. The van der Waals surface area contributed by atoms with Gasteiger partial charge in [-0.05, 0) is 32.6 Å². The first-order valence-corrected chi connectivity index (χ1v) is 5.13. The number of rotatable bonds is 5. The van der Waals surface area contributed by atoms with Crippen LogP contribution in [-0.2, 0) is 9.53 Å². The van der Waals surface area contributed by atoms with Crippen LogP contribution < -0.4 is 0 Å². The van der Waals surface area contributed by atoms with Crippen LogP contribution in [0.25, 0.3) is 0 Å². The highest BCUT2D eigenvalue weighted by molar-refractivity contribution is 5.76. The largest absolute Gasteiger partial charge is 0.466 e. The average Bonchev–Trinajstić information content (AvgIpc) is 2.03. The molecule has 1 atom stereocenters. The molecule has 0 saturated heterocycles. The van der Waals surface area contributed by atoms with Crippen molar-refractivity contribution in [3.63, 3.8) is 0 Å². The van der Waals surface area contributed by atoms with E-state index in [0.717, 1.165) is 12.8 Å². The summed E-state index contributed by atoms with van der Waals surface area (Å²) in [6.07, 6.45) is 1.76. The van der Waals surface area contributed by atoms with Crippen molar-refractivity contribution in [3.05, 3.63) is 0 Å². The Hall–Kier alpha value is -0.530. The Bertz CT molecular complexity index is 163. The minimum atomic E-state index is -0.288. The van der Waals surface area contributed by atoms with Crippen LogP contribution in [0.4, 0.5) is 0 Å². The van der Waals surface area contributed by atoms with Crippen LogP contribution >= 0.6 is 0 Å². The average molecular weight is 186 g/mol. The van der Waals surface area contributed by atoms with E-state index in [0.29, 0.717) is 12.5 Å². The molecule has 0 heterocycles. The minimum Gasteiger partial charge on any atom is -0.466 e. The summed E-state index contributed by atoms with van der Waals surface area (Å²) in [5.41, 5.74) is -0.288. The molecule has 0 aromatic carbocycles. The van der Waals surface area contributed by atoms with Gasteiger partial charge in [0.2, 0.25) is 0 Å². The summed E-state index contributed by atoms with van der Waals surface area (Å²) >= 11 is 0. The van der Waals surface area contributed by atoms with Crippen molar-refractivity contribution in [3.8, 4) is 0 Å². The zero-order valence-corrected chi connectivity index (χ0v) is 9.52. The predicted molar refractivity (Wildman–Crippen MR) is 54.5 cm³/mol. The number of ether oxygens (including phenoxy) is 1. The number of hydrogen-bond acceptors (Lipinski definition) is 2. The molecule has 0 aromatic heterocycles. The molecule has 0 aromatic rings. The van der Waals surface area contributed by atoms with Gasteiger partial charge in [-0.1, -0.05) is 20.8 Å². The van der Waals surface area contributed by atoms with Crippen LogP contribution in [0, 0.1) is 11.3 Å². The second-order valence-corrected chi connectivity index (χ2v) is 4.23. The lowest BCUT2D eigenvalue weighted by molar-refractivity contribution is -0.155. The van der Waals surface area contributed by atoms with Gasteiger partial charge in [0.1, 0.15) is 0 Å². The fraction of sp³-hybridized carbons (Fsp3) is 0.909. The van der Waals surface area contributed by atoms with E-state index in [-0.39, 0.29) is 11.4 Å². The lowest BCUT2D eigenvalue weighted by Crippen LogP contribution is -2.30. The molecule has 0 aliphatic carbocycles. The molecule has 0 N–H and O–H groups in total. The van der Waals surface area contributed by atoms with Crippen LogP contribution in [0.3, 0.4) is 0 Å². The van der Waals surface area contributed by atoms with Crippen molar-refractivity contribution in [1.82, 2.24) is 0 Å². The van der Waals surface area contributed by atoms with Gasteiger partial charge in [-0.3, -0.25) is 4.79 Å². The molecule has 2 nitrogen and oxygen atoms in total. The summed E-state index contributed by atoms with van der Waals surface area (Å²) in [5.74, 6) is 0.487. The maximum absolute atomic E-state index is 11.6. The highest BCUT2D eigenvalue weighted by Gasteiger charge is 2.33. The van der Waals surface area contributed by atoms with Gasteiger partial charge in [-0.25, -0.2) is 0 Å². The first-order chi connectivity index (χ1) is 5.96. The highest BCUT2D eigenvalue weighted by atomic mass is 16.5. The lowest BCUT2D eigenvalue weighted by atomic mass is 9.80. The number of carbonyl (C=O) groups excluding carboxylic acids is 1. The standard InChI is InChI=1S/C11H22O2/c1-6-11(5,8-9(3)4)10(12)13-7-2/h9H,6-8H2,1-5H3/t11-/m1/s1. The third kappa shape index (κ3) is 3.79. The van der Waals surface area contributed by atoms with E-state index in [2.05, 4.69) is 13.8 Å². The molecule has 0 bridgehead atoms. The molecule has 0 spiro atoms. The Balaban J connectivity index is 4.33. The van der Waals surface area contributed by atoms with Gasteiger partial charge in [0.25, 0.3) is 0 Å².